The van der Waals surface area contributed by atoms with Gasteiger partial charge in [-0.3, -0.25) is 4.79 Å². The molecule has 0 unspecified atom stereocenters. The minimum atomic E-state index is -1.09. The molecule has 1 atom stereocenters. The smallest absolute Gasteiger partial charge is 0.262 e. The maximum Gasteiger partial charge on any atom is 0.262 e. The van der Waals surface area contributed by atoms with E-state index in [1.165, 1.54) is 7.11 Å². The van der Waals surface area contributed by atoms with E-state index in [0.717, 1.165) is 11.3 Å². The van der Waals surface area contributed by atoms with Gasteiger partial charge in [-0.2, -0.15) is 5.10 Å². The van der Waals surface area contributed by atoms with E-state index in [0.29, 0.717) is 5.82 Å². The summed E-state index contributed by atoms with van der Waals surface area (Å²) < 4.78 is 7.21. The van der Waals surface area contributed by atoms with Gasteiger partial charge in [-0.15, -0.1) is 0 Å². The number of nitrogens with one attached hydrogen (secondary N) is 1. The monoisotopic (exact) mass is 321 g/mol. The van der Waals surface area contributed by atoms with Crippen LogP contribution in [0.2, 0.25) is 0 Å². The number of ether oxygens (including phenoxy) is 1. The lowest BCUT2D eigenvalue weighted by Gasteiger charge is -2.26. The van der Waals surface area contributed by atoms with Gasteiger partial charge >= 0.3 is 0 Å². The van der Waals surface area contributed by atoms with Gasteiger partial charge in [0.1, 0.15) is 0 Å². The molecule has 0 aliphatic heterocycles. The molecule has 0 saturated carbocycles. The molecule has 122 valence electrons. The molecule has 0 spiro atoms. The van der Waals surface area contributed by atoms with Crippen LogP contribution in [0.3, 0.4) is 0 Å². The zero-order chi connectivity index (χ0) is 17.0. The summed E-state index contributed by atoms with van der Waals surface area (Å²) in [5.41, 5.74) is 0.626. The number of aromatic nitrogens is 2. The predicted octanol–water partition coefficient (Wildman–Crippen LogP) is 3.37. The third-order valence-electron chi connectivity index (χ3n) is 4.02. The van der Waals surface area contributed by atoms with E-state index in [9.17, 15) is 4.79 Å². The van der Waals surface area contributed by atoms with Crippen LogP contribution in [0, 0.1) is 0 Å². The first-order valence-electron chi connectivity index (χ1n) is 7.67. The minimum absolute atomic E-state index is 0.269. The van der Waals surface area contributed by atoms with Crippen LogP contribution in [-0.4, -0.2) is 22.8 Å². The Hall–Kier alpha value is -2.92. The van der Waals surface area contributed by atoms with Crippen LogP contribution in [0.5, 0.6) is 0 Å². The molecule has 0 bridgehead atoms. The van der Waals surface area contributed by atoms with Gasteiger partial charge in [0.05, 0.1) is 5.69 Å². The Labute approximate surface area is 140 Å². The molecule has 1 amide bonds. The number of para-hydroxylation sites is 1. The van der Waals surface area contributed by atoms with Gasteiger partial charge in [0.25, 0.3) is 5.91 Å². The lowest BCUT2D eigenvalue weighted by Crippen LogP contribution is -2.39. The van der Waals surface area contributed by atoms with E-state index in [-0.39, 0.29) is 5.91 Å². The quantitative estimate of drug-likeness (QED) is 0.784. The lowest BCUT2D eigenvalue weighted by atomic mass is 9.95. The summed E-state index contributed by atoms with van der Waals surface area (Å²) in [4.78, 5) is 12.7. The Kier molecular flexibility index (Phi) is 4.44. The second kappa shape index (κ2) is 6.68. The third kappa shape index (κ3) is 3.07. The van der Waals surface area contributed by atoms with Crippen LogP contribution in [-0.2, 0) is 15.1 Å². The first-order valence-corrected chi connectivity index (χ1v) is 7.67. The zero-order valence-electron chi connectivity index (χ0n) is 13.6. The number of carbonyl (C=O) groups excluding carboxylic acids is 1. The van der Waals surface area contributed by atoms with Gasteiger partial charge in [-0.25, -0.2) is 4.68 Å². The van der Waals surface area contributed by atoms with Gasteiger partial charge in [0, 0.05) is 19.4 Å². The highest BCUT2D eigenvalue weighted by Crippen LogP contribution is 2.26. The highest BCUT2D eigenvalue weighted by atomic mass is 16.5. The fourth-order valence-corrected chi connectivity index (χ4v) is 2.45. The van der Waals surface area contributed by atoms with Crippen molar-refractivity contribution in [2.45, 2.75) is 12.5 Å². The van der Waals surface area contributed by atoms with E-state index in [1.54, 1.807) is 23.9 Å². The largest absolute Gasteiger partial charge is 0.364 e. The van der Waals surface area contributed by atoms with Crippen molar-refractivity contribution < 1.29 is 9.53 Å². The van der Waals surface area contributed by atoms with Crippen LogP contribution >= 0.6 is 0 Å². The van der Waals surface area contributed by atoms with Gasteiger partial charge in [-0.05, 0) is 24.6 Å². The summed E-state index contributed by atoms with van der Waals surface area (Å²) in [5, 5.41) is 7.22. The molecule has 1 N–H and O–H groups in total. The number of nitrogens with zero attached hydrogens (tertiary/aromatic N) is 2. The fourth-order valence-electron chi connectivity index (χ4n) is 2.45. The van der Waals surface area contributed by atoms with Crippen molar-refractivity contribution in [2.75, 3.05) is 12.4 Å². The lowest BCUT2D eigenvalue weighted by molar-refractivity contribution is -0.136. The third-order valence-corrected chi connectivity index (χ3v) is 4.02. The summed E-state index contributed by atoms with van der Waals surface area (Å²) >= 11 is 0. The molecule has 5 nitrogen and oxygen atoms in total. The SMILES string of the molecule is CO[C@@](C)(C(=O)Nc1ccn(-c2ccccc2)n1)c1ccccc1. The van der Waals surface area contributed by atoms with Crippen LogP contribution in [0.1, 0.15) is 12.5 Å². The molecule has 0 radical (unpaired) electrons. The second-order valence-electron chi connectivity index (χ2n) is 5.54. The Morgan fingerprint density at radius 2 is 1.67 bits per heavy atom. The van der Waals surface area contributed by atoms with E-state index in [4.69, 9.17) is 4.74 Å². The number of amides is 1. The number of anilines is 1. The molecule has 1 heterocycles. The second-order valence-corrected chi connectivity index (χ2v) is 5.54. The van der Waals surface area contributed by atoms with Gasteiger partial charge in [-0.1, -0.05) is 48.5 Å². The van der Waals surface area contributed by atoms with Crippen molar-refractivity contribution in [3.05, 3.63) is 78.5 Å². The average molecular weight is 321 g/mol. The molecule has 5 heteroatoms. The molecule has 24 heavy (non-hydrogen) atoms. The van der Waals surface area contributed by atoms with E-state index in [1.807, 2.05) is 60.7 Å². The molecular weight excluding hydrogens is 302 g/mol. The van der Waals surface area contributed by atoms with E-state index < -0.39 is 5.60 Å². The molecule has 0 saturated heterocycles. The predicted molar refractivity (Wildman–Crippen MR) is 93.0 cm³/mol. The molecule has 3 aromatic rings. The van der Waals surface area contributed by atoms with Gasteiger partial charge < -0.3 is 10.1 Å². The maximum atomic E-state index is 12.7. The molecule has 3 rings (SSSR count). The van der Waals surface area contributed by atoms with Gasteiger partial charge in [0.15, 0.2) is 11.4 Å². The van der Waals surface area contributed by atoms with Crippen LogP contribution < -0.4 is 5.32 Å². The first kappa shape index (κ1) is 16.0. The van der Waals surface area contributed by atoms with Crippen molar-refractivity contribution in [2.24, 2.45) is 0 Å². The normalized spacial score (nSPS) is 13.2. The van der Waals surface area contributed by atoms with Crippen molar-refractivity contribution in [1.29, 1.82) is 0 Å². The maximum absolute atomic E-state index is 12.7. The Morgan fingerprint density at radius 3 is 2.29 bits per heavy atom. The van der Waals surface area contributed by atoms with Crippen molar-refractivity contribution >= 4 is 11.7 Å². The molecular formula is C19H19N3O2. The number of carbonyl (C=O) groups is 1. The van der Waals surface area contributed by atoms with Crippen molar-refractivity contribution in [1.82, 2.24) is 9.78 Å². The summed E-state index contributed by atoms with van der Waals surface area (Å²) in [6, 6.07) is 20.9. The molecule has 0 aliphatic carbocycles. The van der Waals surface area contributed by atoms with E-state index >= 15 is 0 Å². The topological polar surface area (TPSA) is 56.1 Å². The number of hydrogen-bond acceptors (Lipinski definition) is 3. The zero-order valence-corrected chi connectivity index (χ0v) is 13.6. The molecule has 0 aliphatic rings. The fraction of sp³-hybridized carbons (Fsp3) is 0.158. The Bertz CT molecular complexity index is 815. The number of hydrogen-bond donors (Lipinski definition) is 1. The van der Waals surface area contributed by atoms with Crippen molar-refractivity contribution in [3.8, 4) is 5.69 Å². The highest BCUT2D eigenvalue weighted by molar-refractivity contribution is 5.97. The number of rotatable bonds is 5. The average Bonchev–Trinajstić information content (AvgIpc) is 3.11. The van der Waals surface area contributed by atoms with Crippen LogP contribution in [0.25, 0.3) is 5.69 Å². The standard InChI is InChI=1S/C19H19N3O2/c1-19(24-2,15-9-5-3-6-10-15)18(23)20-17-13-14-22(21-17)16-11-7-4-8-12-16/h3-14H,1-2H3,(H,20,21,23)/t19-/m1/s1. The van der Waals surface area contributed by atoms with Crippen LogP contribution in [0.4, 0.5) is 5.82 Å². The molecule has 2 aromatic carbocycles. The summed E-state index contributed by atoms with van der Waals surface area (Å²) in [6.07, 6.45) is 1.80. The molecule has 1 aromatic heterocycles. The number of methoxy groups -OCH3 is 1. The summed E-state index contributed by atoms with van der Waals surface area (Å²) in [5.74, 6) is 0.206. The van der Waals surface area contributed by atoms with Crippen molar-refractivity contribution in [3.63, 3.8) is 0 Å². The first-order chi connectivity index (χ1) is 11.6. The highest BCUT2D eigenvalue weighted by Gasteiger charge is 2.35. The molecule has 0 fully saturated rings. The Morgan fingerprint density at radius 1 is 1.04 bits per heavy atom. The Balaban J connectivity index is 1.81. The number of benzene rings is 2. The minimum Gasteiger partial charge on any atom is -0.364 e. The summed E-state index contributed by atoms with van der Waals surface area (Å²) in [7, 11) is 1.52. The summed E-state index contributed by atoms with van der Waals surface area (Å²) in [6.45, 7) is 1.74. The van der Waals surface area contributed by atoms with Crippen LogP contribution in [0.15, 0.2) is 72.9 Å². The van der Waals surface area contributed by atoms with Gasteiger partial charge in [0.2, 0.25) is 0 Å². The van der Waals surface area contributed by atoms with E-state index in [2.05, 4.69) is 10.4 Å².